The summed E-state index contributed by atoms with van der Waals surface area (Å²) in [6, 6.07) is 10.5. The third kappa shape index (κ3) is 3.33. The fourth-order valence-corrected chi connectivity index (χ4v) is 2.48. The summed E-state index contributed by atoms with van der Waals surface area (Å²) in [6.45, 7) is 6.54. The Morgan fingerprint density at radius 2 is 2.00 bits per heavy atom. The van der Waals surface area contributed by atoms with Crippen LogP contribution in [0.1, 0.15) is 30.1 Å². The van der Waals surface area contributed by atoms with Crippen molar-refractivity contribution in [2.24, 2.45) is 0 Å². The lowest BCUT2D eigenvalue weighted by molar-refractivity contribution is 0.676. The summed E-state index contributed by atoms with van der Waals surface area (Å²) < 4.78 is 0. The van der Waals surface area contributed by atoms with Gasteiger partial charge in [-0.15, -0.1) is 11.3 Å². The Bertz CT molecular complexity index is 591. The smallest absolute Gasteiger partial charge is 0.113 e. The van der Waals surface area contributed by atoms with Gasteiger partial charge in [0.25, 0.3) is 0 Å². The van der Waals surface area contributed by atoms with E-state index in [1.54, 1.807) is 11.3 Å². The normalized spacial score (nSPS) is 11.1. The van der Waals surface area contributed by atoms with Gasteiger partial charge in [-0.25, -0.2) is 4.98 Å². The SMILES string of the molecule is Cc1ccc(NCc2csc(C(C)(C)C#N)n2)cc1. The minimum absolute atomic E-state index is 0.507. The molecule has 2 rings (SSSR count). The molecular formula is C15H17N3S. The first-order valence-corrected chi connectivity index (χ1v) is 7.06. The number of nitrogens with zero attached hydrogens (tertiary/aromatic N) is 2. The van der Waals surface area contributed by atoms with E-state index in [4.69, 9.17) is 5.26 Å². The van der Waals surface area contributed by atoms with Gasteiger partial charge in [0.2, 0.25) is 0 Å². The van der Waals surface area contributed by atoms with Crippen molar-refractivity contribution in [2.75, 3.05) is 5.32 Å². The summed E-state index contributed by atoms with van der Waals surface area (Å²) in [6.07, 6.45) is 0. The van der Waals surface area contributed by atoms with Gasteiger partial charge in [-0.3, -0.25) is 0 Å². The lowest BCUT2D eigenvalue weighted by atomic mass is 9.97. The number of thiazole rings is 1. The van der Waals surface area contributed by atoms with Gasteiger partial charge in [0.05, 0.1) is 18.3 Å². The summed E-state index contributed by atoms with van der Waals surface area (Å²) in [5.74, 6) is 0. The van der Waals surface area contributed by atoms with E-state index >= 15 is 0 Å². The van der Waals surface area contributed by atoms with Crippen LogP contribution < -0.4 is 5.32 Å². The van der Waals surface area contributed by atoms with Gasteiger partial charge in [-0.05, 0) is 32.9 Å². The van der Waals surface area contributed by atoms with Crippen molar-refractivity contribution in [3.05, 3.63) is 45.9 Å². The van der Waals surface area contributed by atoms with Gasteiger partial charge in [-0.2, -0.15) is 5.26 Å². The first-order chi connectivity index (χ1) is 9.01. The molecule has 0 spiro atoms. The molecule has 98 valence electrons. The molecule has 0 fully saturated rings. The number of aryl methyl sites for hydroxylation is 1. The number of benzene rings is 1. The zero-order valence-corrected chi connectivity index (χ0v) is 12.2. The van der Waals surface area contributed by atoms with Crippen LogP contribution in [-0.2, 0) is 12.0 Å². The van der Waals surface area contributed by atoms with E-state index in [2.05, 4.69) is 47.6 Å². The second-order valence-electron chi connectivity index (χ2n) is 5.10. The highest BCUT2D eigenvalue weighted by Gasteiger charge is 2.23. The van der Waals surface area contributed by atoms with E-state index in [0.717, 1.165) is 16.4 Å². The van der Waals surface area contributed by atoms with Crippen LogP contribution >= 0.6 is 11.3 Å². The van der Waals surface area contributed by atoms with Crippen LogP contribution in [0.3, 0.4) is 0 Å². The lowest BCUT2D eigenvalue weighted by Gasteiger charge is -2.10. The van der Waals surface area contributed by atoms with E-state index in [1.165, 1.54) is 5.56 Å². The zero-order valence-electron chi connectivity index (χ0n) is 11.4. The van der Waals surface area contributed by atoms with Crippen molar-refractivity contribution < 1.29 is 0 Å². The van der Waals surface area contributed by atoms with Crippen LogP contribution in [0.15, 0.2) is 29.6 Å². The van der Waals surface area contributed by atoms with Gasteiger partial charge in [0, 0.05) is 11.1 Å². The number of nitrogens with one attached hydrogen (secondary N) is 1. The van der Waals surface area contributed by atoms with Crippen molar-refractivity contribution in [3.63, 3.8) is 0 Å². The number of hydrogen-bond donors (Lipinski definition) is 1. The molecule has 1 N–H and O–H groups in total. The third-order valence-electron chi connectivity index (χ3n) is 2.89. The largest absolute Gasteiger partial charge is 0.379 e. The first kappa shape index (κ1) is 13.6. The van der Waals surface area contributed by atoms with Gasteiger partial charge in [0.15, 0.2) is 0 Å². The van der Waals surface area contributed by atoms with Crippen LogP contribution in [0.5, 0.6) is 0 Å². The minimum Gasteiger partial charge on any atom is -0.379 e. The number of rotatable bonds is 4. The summed E-state index contributed by atoms with van der Waals surface area (Å²) in [7, 11) is 0. The Balaban J connectivity index is 2.01. The molecule has 4 heteroatoms. The Labute approximate surface area is 117 Å². The molecule has 0 atom stereocenters. The van der Waals surface area contributed by atoms with Crippen molar-refractivity contribution in [3.8, 4) is 6.07 Å². The maximum atomic E-state index is 9.09. The maximum Gasteiger partial charge on any atom is 0.113 e. The van der Waals surface area contributed by atoms with Gasteiger partial charge in [0.1, 0.15) is 10.4 Å². The maximum absolute atomic E-state index is 9.09. The van der Waals surface area contributed by atoms with E-state index in [-0.39, 0.29) is 0 Å². The Kier molecular flexibility index (Phi) is 3.87. The fraction of sp³-hybridized carbons (Fsp3) is 0.333. The average molecular weight is 271 g/mol. The molecule has 0 saturated heterocycles. The molecule has 0 unspecified atom stereocenters. The Hall–Kier alpha value is -1.86. The second kappa shape index (κ2) is 5.41. The fourth-order valence-electron chi connectivity index (χ4n) is 1.59. The van der Waals surface area contributed by atoms with E-state index in [0.29, 0.717) is 6.54 Å². The van der Waals surface area contributed by atoms with Crippen LogP contribution in [0.25, 0.3) is 0 Å². The molecular weight excluding hydrogens is 254 g/mol. The molecule has 0 saturated carbocycles. The first-order valence-electron chi connectivity index (χ1n) is 6.18. The average Bonchev–Trinajstić information content (AvgIpc) is 2.88. The number of nitriles is 1. The van der Waals surface area contributed by atoms with Crippen LogP contribution in [0, 0.1) is 18.3 Å². The van der Waals surface area contributed by atoms with Crippen molar-refractivity contribution in [1.82, 2.24) is 4.98 Å². The van der Waals surface area contributed by atoms with Gasteiger partial charge in [-0.1, -0.05) is 17.7 Å². The van der Waals surface area contributed by atoms with E-state index < -0.39 is 5.41 Å². The monoisotopic (exact) mass is 271 g/mol. The highest BCUT2D eigenvalue weighted by molar-refractivity contribution is 7.09. The van der Waals surface area contributed by atoms with E-state index in [1.807, 2.05) is 19.2 Å². The molecule has 0 amide bonds. The highest BCUT2D eigenvalue weighted by atomic mass is 32.1. The molecule has 3 nitrogen and oxygen atoms in total. The molecule has 0 aliphatic rings. The highest BCUT2D eigenvalue weighted by Crippen LogP contribution is 2.25. The molecule has 0 bridgehead atoms. The summed E-state index contributed by atoms with van der Waals surface area (Å²) in [5, 5.41) is 15.3. The molecule has 2 aromatic rings. The van der Waals surface area contributed by atoms with Crippen LogP contribution in [0.2, 0.25) is 0 Å². The molecule has 1 aromatic carbocycles. The number of hydrogen-bond acceptors (Lipinski definition) is 4. The third-order valence-corrected chi connectivity index (χ3v) is 4.11. The van der Waals surface area contributed by atoms with Crippen molar-refractivity contribution >= 4 is 17.0 Å². The topological polar surface area (TPSA) is 48.7 Å². The Morgan fingerprint density at radius 1 is 1.32 bits per heavy atom. The van der Waals surface area contributed by atoms with Crippen molar-refractivity contribution in [2.45, 2.75) is 32.7 Å². The zero-order chi connectivity index (χ0) is 13.9. The number of anilines is 1. The molecule has 0 radical (unpaired) electrons. The van der Waals surface area contributed by atoms with Gasteiger partial charge >= 0.3 is 0 Å². The summed E-state index contributed by atoms with van der Waals surface area (Å²) >= 11 is 1.55. The predicted molar refractivity (Wildman–Crippen MR) is 79.3 cm³/mol. The molecule has 0 aliphatic heterocycles. The minimum atomic E-state index is -0.507. The standard InChI is InChI=1S/C15H17N3S/c1-11-4-6-12(7-5-11)17-8-13-9-19-14(18-13)15(2,3)10-16/h4-7,9,17H,8H2,1-3H3. The second-order valence-corrected chi connectivity index (χ2v) is 5.96. The summed E-state index contributed by atoms with van der Waals surface area (Å²) in [4.78, 5) is 4.52. The predicted octanol–water partition coefficient (Wildman–Crippen LogP) is 3.86. The molecule has 19 heavy (non-hydrogen) atoms. The van der Waals surface area contributed by atoms with E-state index in [9.17, 15) is 0 Å². The number of aromatic nitrogens is 1. The van der Waals surface area contributed by atoms with Crippen LogP contribution in [0.4, 0.5) is 5.69 Å². The van der Waals surface area contributed by atoms with Crippen LogP contribution in [-0.4, -0.2) is 4.98 Å². The lowest BCUT2D eigenvalue weighted by Crippen LogP contribution is -2.13. The summed E-state index contributed by atoms with van der Waals surface area (Å²) in [5.41, 5.74) is 2.80. The van der Waals surface area contributed by atoms with Crippen molar-refractivity contribution in [1.29, 1.82) is 5.26 Å². The van der Waals surface area contributed by atoms with Gasteiger partial charge < -0.3 is 5.32 Å². The molecule has 1 heterocycles. The quantitative estimate of drug-likeness (QED) is 0.918. The Morgan fingerprint density at radius 3 is 2.63 bits per heavy atom. The molecule has 0 aliphatic carbocycles. The molecule has 1 aromatic heterocycles.